The molecule has 1 aliphatic heterocycles. The smallest absolute Gasteiger partial charge is 0.128 e. The molecule has 4 heteroatoms. The Morgan fingerprint density at radius 1 is 1.47 bits per heavy atom. The van der Waals surface area contributed by atoms with E-state index in [2.05, 4.69) is 28.6 Å². The maximum Gasteiger partial charge on any atom is 0.128 e. The van der Waals surface area contributed by atoms with Crippen molar-refractivity contribution in [1.29, 1.82) is 0 Å². The van der Waals surface area contributed by atoms with Gasteiger partial charge >= 0.3 is 0 Å². The van der Waals surface area contributed by atoms with E-state index in [1.807, 2.05) is 12.3 Å². The average Bonchev–Trinajstić information content (AvgIpc) is 2.38. The van der Waals surface area contributed by atoms with Gasteiger partial charge in [0, 0.05) is 12.7 Å². The zero-order chi connectivity index (χ0) is 11.9. The van der Waals surface area contributed by atoms with Gasteiger partial charge in [-0.1, -0.05) is 6.07 Å². The number of nitrogens with one attached hydrogen (secondary N) is 2. The maximum atomic E-state index is 5.81. The predicted molar refractivity (Wildman–Crippen MR) is 69.3 cm³/mol. The summed E-state index contributed by atoms with van der Waals surface area (Å²) < 4.78 is 5.81. The van der Waals surface area contributed by atoms with Gasteiger partial charge in [0.15, 0.2) is 0 Å². The van der Waals surface area contributed by atoms with E-state index in [9.17, 15) is 0 Å². The lowest BCUT2D eigenvalue weighted by Gasteiger charge is -2.23. The summed E-state index contributed by atoms with van der Waals surface area (Å²) in [5, 5.41) is 6.63. The molecule has 1 aliphatic rings. The summed E-state index contributed by atoms with van der Waals surface area (Å²) in [5.41, 5.74) is 1.18. The van der Waals surface area contributed by atoms with Gasteiger partial charge in [-0.2, -0.15) is 0 Å². The molecule has 0 amide bonds. The number of anilines is 1. The molecular formula is C13H21N3O. The lowest BCUT2D eigenvalue weighted by Crippen LogP contribution is -2.33. The molecule has 0 aromatic carbocycles. The van der Waals surface area contributed by atoms with Crippen molar-refractivity contribution in [3.63, 3.8) is 0 Å². The van der Waals surface area contributed by atoms with Crippen LogP contribution in [0.2, 0.25) is 0 Å². The van der Waals surface area contributed by atoms with Gasteiger partial charge in [0.2, 0.25) is 0 Å². The minimum atomic E-state index is 0.433. The molecule has 2 N–H and O–H groups in total. The Kier molecular flexibility index (Phi) is 4.76. The number of hydrogen-bond donors (Lipinski definition) is 2. The van der Waals surface area contributed by atoms with Crippen LogP contribution in [0.5, 0.6) is 0 Å². The number of piperidine rings is 1. The van der Waals surface area contributed by atoms with Crippen molar-refractivity contribution < 1.29 is 4.74 Å². The summed E-state index contributed by atoms with van der Waals surface area (Å²) in [6.07, 6.45) is 4.50. The molecule has 1 fully saturated rings. The molecule has 0 atom stereocenters. The van der Waals surface area contributed by atoms with Crippen molar-refractivity contribution in [3.05, 3.63) is 23.9 Å². The van der Waals surface area contributed by atoms with Crippen molar-refractivity contribution in [1.82, 2.24) is 10.3 Å². The Bertz CT molecular complexity index is 337. The van der Waals surface area contributed by atoms with Gasteiger partial charge in [-0.05, 0) is 44.5 Å². The third kappa shape index (κ3) is 3.98. The molecule has 0 bridgehead atoms. The quantitative estimate of drug-likeness (QED) is 0.761. The summed E-state index contributed by atoms with van der Waals surface area (Å²) in [6.45, 7) is 5.79. The summed E-state index contributed by atoms with van der Waals surface area (Å²) in [6, 6.07) is 4.01. The Hall–Kier alpha value is -1.13. The summed E-state index contributed by atoms with van der Waals surface area (Å²) in [7, 11) is 0. The van der Waals surface area contributed by atoms with Gasteiger partial charge in [0.05, 0.1) is 12.7 Å². The lowest BCUT2D eigenvalue weighted by atomic mass is 10.1. The van der Waals surface area contributed by atoms with Gasteiger partial charge in [-0.15, -0.1) is 0 Å². The minimum absolute atomic E-state index is 0.433. The number of pyridine rings is 1. The monoisotopic (exact) mass is 235 g/mol. The largest absolute Gasteiger partial charge is 0.376 e. The Morgan fingerprint density at radius 3 is 3.06 bits per heavy atom. The van der Waals surface area contributed by atoms with Crippen LogP contribution >= 0.6 is 0 Å². The molecular weight excluding hydrogens is 214 g/mol. The van der Waals surface area contributed by atoms with E-state index < -0.39 is 0 Å². The average molecular weight is 235 g/mol. The van der Waals surface area contributed by atoms with Crippen LogP contribution in [-0.2, 0) is 4.74 Å². The molecule has 0 radical (unpaired) electrons. The zero-order valence-corrected chi connectivity index (χ0v) is 10.4. The Labute approximate surface area is 103 Å². The number of ether oxygens (including phenoxy) is 1. The van der Waals surface area contributed by atoms with Gasteiger partial charge in [-0.3, -0.25) is 0 Å². The third-order valence-corrected chi connectivity index (χ3v) is 3.04. The summed E-state index contributed by atoms with van der Waals surface area (Å²) in [5.74, 6) is 0.960. The van der Waals surface area contributed by atoms with Crippen molar-refractivity contribution in [2.24, 2.45) is 0 Å². The van der Waals surface area contributed by atoms with E-state index in [1.54, 1.807) is 0 Å². The molecule has 2 heterocycles. The highest BCUT2D eigenvalue weighted by atomic mass is 16.5. The second kappa shape index (κ2) is 6.57. The SMILES string of the molecule is Cc1cccnc1NCCOC1CCNCC1. The molecule has 0 unspecified atom stereocenters. The highest BCUT2D eigenvalue weighted by molar-refractivity contribution is 5.42. The molecule has 94 valence electrons. The van der Waals surface area contributed by atoms with Crippen LogP contribution in [0.15, 0.2) is 18.3 Å². The van der Waals surface area contributed by atoms with E-state index in [4.69, 9.17) is 4.74 Å². The number of aromatic nitrogens is 1. The van der Waals surface area contributed by atoms with Crippen LogP contribution in [0.1, 0.15) is 18.4 Å². The lowest BCUT2D eigenvalue weighted by molar-refractivity contribution is 0.0394. The molecule has 17 heavy (non-hydrogen) atoms. The van der Waals surface area contributed by atoms with E-state index in [-0.39, 0.29) is 0 Å². The first kappa shape index (κ1) is 12.3. The van der Waals surface area contributed by atoms with Crippen LogP contribution in [0.4, 0.5) is 5.82 Å². The molecule has 0 saturated carbocycles. The Morgan fingerprint density at radius 2 is 2.29 bits per heavy atom. The minimum Gasteiger partial charge on any atom is -0.376 e. The van der Waals surface area contributed by atoms with Crippen molar-refractivity contribution in [2.45, 2.75) is 25.9 Å². The van der Waals surface area contributed by atoms with Crippen molar-refractivity contribution >= 4 is 5.82 Å². The predicted octanol–water partition coefficient (Wildman–Crippen LogP) is 1.57. The first-order valence-electron chi connectivity index (χ1n) is 6.34. The van der Waals surface area contributed by atoms with Crippen molar-refractivity contribution in [3.8, 4) is 0 Å². The number of rotatable bonds is 5. The number of hydrogen-bond acceptors (Lipinski definition) is 4. The van der Waals surface area contributed by atoms with E-state index in [0.717, 1.165) is 44.9 Å². The maximum absolute atomic E-state index is 5.81. The molecule has 0 aliphatic carbocycles. The highest BCUT2D eigenvalue weighted by Crippen LogP contribution is 2.09. The Balaban J connectivity index is 1.64. The fourth-order valence-corrected chi connectivity index (χ4v) is 2.03. The molecule has 0 spiro atoms. The van der Waals surface area contributed by atoms with E-state index in [0.29, 0.717) is 6.10 Å². The number of aryl methyl sites for hydroxylation is 1. The molecule has 2 rings (SSSR count). The van der Waals surface area contributed by atoms with Crippen LogP contribution in [0.3, 0.4) is 0 Å². The van der Waals surface area contributed by atoms with Crippen LogP contribution in [-0.4, -0.2) is 37.3 Å². The second-order valence-electron chi connectivity index (χ2n) is 4.42. The zero-order valence-electron chi connectivity index (χ0n) is 10.4. The van der Waals surface area contributed by atoms with Crippen molar-refractivity contribution in [2.75, 3.05) is 31.6 Å². The van der Waals surface area contributed by atoms with Gasteiger partial charge in [-0.25, -0.2) is 4.98 Å². The topological polar surface area (TPSA) is 46.2 Å². The van der Waals surface area contributed by atoms with Gasteiger partial charge in [0.1, 0.15) is 5.82 Å². The first-order chi connectivity index (χ1) is 8.36. The van der Waals surface area contributed by atoms with Crippen LogP contribution in [0.25, 0.3) is 0 Å². The summed E-state index contributed by atoms with van der Waals surface area (Å²) >= 11 is 0. The second-order valence-corrected chi connectivity index (χ2v) is 4.42. The van der Waals surface area contributed by atoms with Gasteiger partial charge < -0.3 is 15.4 Å². The standard InChI is InChI=1S/C13H21N3O/c1-11-3-2-6-15-13(11)16-9-10-17-12-4-7-14-8-5-12/h2-3,6,12,14H,4-5,7-10H2,1H3,(H,15,16). The number of nitrogens with zero attached hydrogens (tertiary/aromatic N) is 1. The summed E-state index contributed by atoms with van der Waals surface area (Å²) in [4.78, 5) is 4.29. The molecule has 4 nitrogen and oxygen atoms in total. The molecule has 1 aromatic rings. The van der Waals surface area contributed by atoms with Gasteiger partial charge in [0.25, 0.3) is 0 Å². The molecule has 1 aromatic heterocycles. The van der Waals surface area contributed by atoms with E-state index in [1.165, 1.54) is 5.56 Å². The van der Waals surface area contributed by atoms with Crippen LogP contribution in [0, 0.1) is 6.92 Å². The first-order valence-corrected chi connectivity index (χ1v) is 6.34. The fraction of sp³-hybridized carbons (Fsp3) is 0.615. The highest BCUT2D eigenvalue weighted by Gasteiger charge is 2.12. The molecule has 1 saturated heterocycles. The van der Waals surface area contributed by atoms with Crippen LogP contribution < -0.4 is 10.6 Å². The fourth-order valence-electron chi connectivity index (χ4n) is 2.03. The normalized spacial score (nSPS) is 17.0. The third-order valence-electron chi connectivity index (χ3n) is 3.04. The van der Waals surface area contributed by atoms with E-state index >= 15 is 0 Å².